The van der Waals surface area contributed by atoms with Crippen molar-refractivity contribution in [1.29, 1.82) is 0 Å². The lowest BCUT2D eigenvalue weighted by Crippen LogP contribution is -2.44. The zero-order valence-electron chi connectivity index (χ0n) is 16.1. The van der Waals surface area contributed by atoms with E-state index in [0.717, 1.165) is 63.5 Å². The highest BCUT2D eigenvalue weighted by atomic mass is 16.5. The Labute approximate surface area is 159 Å². The molecule has 0 N–H and O–H groups in total. The van der Waals surface area contributed by atoms with Gasteiger partial charge in [-0.1, -0.05) is 5.16 Å². The van der Waals surface area contributed by atoms with Crippen LogP contribution in [0.25, 0.3) is 0 Å². The number of benzene rings is 1. The van der Waals surface area contributed by atoms with Crippen LogP contribution in [0.3, 0.4) is 0 Å². The van der Waals surface area contributed by atoms with Crippen molar-refractivity contribution in [2.24, 2.45) is 0 Å². The Kier molecular flexibility index (Phi) is 5.11. The summed E-state index contributed by atoms with van der Waals surface area (Å²) in [4.78, 5) is 23.8. The van der Waals surface area contributed by atoms with Crippen LogP contribution in [-0.4, -0.2) is 72.2 Å². The number of carbonyl (C=O) groups excluding carboxylic acids is 1. The Hall–Kier alpha value is -2.41. The van der Waals surface area contributed by atoms with Crippen molar-refractivity contribution in [3.63, 3.8) is 0 Å². The third kappa shape index (κ3) is 3.98. The monoisotopic (exact) mass is 369 g/mol. The van der Waals surface area contributed by atoms with Crippen LogP contribution < -0.4 is 4.90 Å². The van der Waals surface area contributed by atoms with Crippen LogP contribution in [0.1, 0.15) is 40.8 Å². The van der Waals surface area contributed by atoms with Crippen molar-refractivity contribution in [3.05, 3.63) is 41.5 Å². The van der Waals surface area contributed by atoms with Gasteiger partial charge in [-0.05, 0) is 44.2 Å². The maximum atomic E-state index is 12.8. The number of anilines is 1. The summed E-state index contributed by atoms with van der Waals surface area (Å²) in [6.07, 6.45) is 1.76. The quantitative estimate of drug-likeness (QED) is 0.826. The molecule has 2 fully saturated rings. The molecule has 7 heteroatoms. The maximum Gasteiger partial charge on any atom is 0.253 e. The van der Waals surface area contributed by atoms with E-state index in [2.05, 4.69) is 39.1 Å². The molecule has 144 valence electrons. The molecule has 0 radical (unpaired) electrons. The average Bonchev–Trinajstić information content (AvgIpc) is 3.15. The molecule has 0 saturated carbocycles. The van der Waals surface area contributed by atoms with Gasteiger partial charge >= 0.3 is 0 Å². The van der Waals surface area contributed by atoms with E-state index in [0.29, 0.717) is 5.89 Å². The summed E-state index contributed by atoms with van der Waals surface area (Å²) in [5.41, 5.74) is 1.97. The van der Waals surface area contributed by atoms with Gasteiger partial charge in [0.1, 0.15) is 0 Å². The second-order valence-corrected chi connectivity index (χ2v) is 7.58. The lowest BCUT2D eigenvalue weighted by molar-refractivity contribution is 0.0710. The molecular weight excluding hydrogens is 342 g/mol. The topological polar surface area (TPSA) is 65.7 Å². The van der Waals surface area contributed by atoms with E-state index in [9.17, 15) is 4.79 Å². The van der Waals surface area contributed by atoms with Gasteiger partial charge in [-0.3, -0.25) is 4.79 Å². The zero-order chi connectivity index (χ0) is 18.8. The SMILES string of the molecule is Cc1nc(C2CCN(C(=O)c3ccc(N4CCN(C)CC4)cc3)CC2)no1. The van der Waals surface area contributed by atoms with E-state index >= 15 is 0 Å². The van der Waals surface area contributed by atoms with Gasteiger partial charge in [-0.25, -0.2) is 0 Å². The number of piperazine rings is 1. The summed E-state index contributed by atoms with van der Waals surface area (Å²) in [5.74, 6) is 1.77. The number of hydrogen-bond donors (Lipinski definition) is 0. The summed E-state index contributed by atoms with van der Waals surface area (Å²) >= 11 is 0. The Morgan fingerprint density at radius 3 is 2.30 bits per heavy atom. The predicted octanol–water partition coefficient (Wildman–Crippen LogP) is 2.15. The summed E-state index contributed by atoms with van der Waals surface area (Å²) < 4.78 is 5.08. The van der Waals surface area contributed by atoms with Gasteiger partial charge in [0, 0.05) is 63.4 Å². The molecule has 1 aromatic heterocycles. The molecule has 0 unspecified atom stereocenters. The highest BCUT2D eigenvalue weighted by Gasteiger charge is 2.27. The molecule has 27 heavy (non-hydrogen) atoms. The molecule has 0 bridgehead atoms. The number of rotatable bonds is 3. The molecule has 3 heterocycles. The fraction of sp³-hybridized carbons (Fsp3) is 0.550. The number of carbonyl (C=O) groups is 1. The molecule has 4 rings (SSSR count). The Morgan fingerprint density at radius 1 is 1.04 bits per heavy atom. The second kappa shape index (κ2) is 7.68. The van der Waals surface area contributed by atoms with Gasteiger partial charge in [-0.2, -0.15) is 4.98 Å². The average molecular weight is 369 g/mol. The molecule has 2 saturated heterocycles. The Morgan fingerprint density at radius 2 is 1.70 bits per heavy atom. The van der Waals surface area contributed by atoms with E-state index in [-0.39, 0.29) is 11.8 Å². The van der Waals surface area contributed by atoms with E-state index in [1.807, 2.05) is 17.0 Å². The largest absolute Gasteiger partial charge is 0.369 e. The Bertz CT molecular complexity index is 772. The zero-order valence-corrected chi connectivity index (χ0v) is 16.1. The van der Waals surface area contributed by atoms with E-state index in [4.69, 9.17) is 4.52 Å². The number of nitrogens with zero attached hydrogens (tertiary/aromatic N) is 5. The third-order valence-electron chi connectivity index (χ3n) is 5.67. The van der Waals surface area contributed by atoms with Crippen LogP contribution in [0.15, 0.2) is 28.8 Å². The van der Waals surface area contributed by atoms with Crippen molar-refractivity contribution in [2.45, 2.75) is 25.7 Å². The molecule has 1 aromatic carbocycles. The van der Waals surface area contributed by atoms with Gasteiger partial charge in [-0.15, -0.1) is 0 Å². The van der Waals surface area contributed by atoms with E-state index < -0.39 is 0 Å². The highest BCUT2D eigenvalue weighted by Crippen LogP contribution is 2.27. The normalized spacial score (nSPS) is 19.5. The third-order valence-corrected chi connectivity index (χ3v) is 5.67. The van der Waals surface area contributed by atoms with Crippen molar-refractivity contribution >= 4 is 11.6 Å². The molecule has 2 aromatic rings. The molecular formula is C20H27N5O2. The van der Waals surface area contributed by atoms with Gasteiger partial charge in [0.05, 0.1) is 0 Å². The Balaban J connectivity index is 1.34. The molecule has 2 aliphatic rings. The summed E-state index contributed by atoms with van der Waals surface area (Å²) in [7, 11) is 2.15. The molecule has 2 aliphatic heterocycles. The van der Waals surface area contributed by atoms with Gasteiger partial charge in [0.25, 0.3) is 5.91 Å². The first-order valence-corrected chi connectivity index (χ1v) is 9.73. The smallest absolute Gasteiger partial charge is 0.253 e. The van der Waals surface area contributed by atoms with Crippen LogP contribution in [0.5, 0.6) is 0 Å². The van der Waals surface area contributed by atoms with Crippen molar-refractivity contribution in [2.75, 3.05) is 51.2 Å². The summed E-state index contributed by atoms with van der Waals surface area (Å²) in [6.45, 7) is 7.50. The van der Waals surface area contributed by atoms with Crippen LogP contribution in [0.2, 0.25) is 0 Å². The first-order chi connectivity index (χ1) is 13.1. The predicted molar refractivity (Wildman–Crippen MR) is 103 cm³/mol. The van der Waals surface area contributed by atoms with Crippen molar-refractivity contribution in [1.82, 2.24) is 19.9 Å². The minimum atomic E-state index is 0.114. The maximum absolute atomic E-state index is 12.8. The number of amides is 1. The molecule has 0 aliphatic carbocycles. The van der Waals surface area contributed by atoms with Crippen LogP contribution in [-0.2, 0) is 0 Å². The van der Waals surface area contributed by atoms with Gasteiger partial charge in [0.2, 0.25) is 5.89 Å². The van der Waals surface area contributed by atoms with Crippen LogP contribution in [0.4, 0.5) is 5.69 Å². The first kappa shape index (κ1) is 18.0. The number of piperidine rings is 1. The fourth-order valence-corrected chi connectivity index (χ4v) is 3.88. The number of aromatic nitrogens is 2. The molecule has 0 spiro atoms. The fourth-order valence-electron chi connectivity index (χ4n) is 3.88. The second-order valence-electron chi connectivity index (χ2n) is 7.58. The van der Waals surface area contributed by atoms with Gasteiger partial charge < -0.3 is 19.2 Å². The van der Waals surface area contributed by atoms with E-state index in [1.165, 1.54) is 5.69 Å². The minimum absolute atomic E-state index is 0.114. The first-order valence-electron chi connectivity index (χ1n) is 9.73. The number of aryl methyl sites for hydroxylation is 1. The van der Waals surface area contributed by atoms with Crippen molar-refractivity contribution < 1.29 is 9.32 Å². The number of likely N-dealkylation sites (tertiary alicyclic amines) is 1. The summed E-state index contributed by atoms with van der Waals surface area (Å²) in [5, 5.41) is 4.03. The molecule has 0 atom stereocenters. The standard InChI is InChI=1S/C20H27N5O2/c1-15-21-19(22-27-15)16-7-9-25(10-8-16)20(26)17-3-5-18(6-4-17)24-13-11-23(2)12-14-24/h3-6,16H,7-14H2,1-2H3. The number of likely N-dealkylation sites (N-methyl/N-ethyl adjacent to an activating group) is 1. The highest BCUT2D eigenvalue weighted by molar-refractivity contribution is 5.94. The summed E-state index contributed by atoms with van der Waals surface area (Å²) in [6, 6.07) is 8.08. The lowest BCUT2D eigenvalue weighted by atomic mass is 9.95. The lowest BCUT2D eigenvalue weighted by Gasteiger charge is -2.34. The van der Waals surface area contributed by atoms with Crippen LogP contribution >= 0.6 is 0 Å². The minimum Gasteiger partial charge on any atom is -0.369 e. The van der Waals surface area contributed by atoms with E-state index in [1.54, 1.807) is 6.92 Å². The molecule has 7 nitrogen and oxygen atoms in total. The number of hydrogen-bond acceptors (Lipinski definition) is 6. The molecule has 1 amide bonds. The van der Waals surface area contributed by atoms with Crippen molar-refractivity contribution in [3.8, 4) is 0 Å². The van der Waals surface area contributed by atoms with Gasteiger partial charge in [0.15, 0.2) is 5.82 Å². The van der Waals surface area contributed by atoms with Crippen LogP contribution in [0, 0.1) is 6.92 Å².